The van der Waals surface area contributed by atoms with Crippen LogP contribution < -0.4 is 15.0 Å². The van der Waals surface area contributed by atoms with E-state index in [2.05, 4.69) is 38.7 Å². The molecule has 1 aromatic rings. The van der Waals surface area contributed by atoms with Crippen molar-refractivity contribution in [1.29, 1.82) is 0 Å². The van der Waals surface area contributed by atoms with Gasteiger partial charge in [0, 0.05) is 19.6 Å². The number of ether oxygens (including phenoxy) is 1. The van der Waals surface area contributed by atoms with Gasteiger partial charge < -0.3 is 15.0 Å². The quantitative estimate of drug-likeness (QED) is 0.771. The molecule has 0 amide bonds. The lowest BCUT2D eigenvalue weighted by molar-refractivity contribution is 0.332. The topological polar surface area (TPSA) is 63.2 Å². The standard InChI is InChI=1S/C14H23N5O/c1-3-8-15-12-16-13(19-9-6-5-7-10-19)18-14(17-12)20-11-4-2/h4H,2-3,5-11H2,1H3,(H,15,16,17,18). The second-order valence-electron chi connectivity index (χ2n) is 4.82. The van der Waals surface area contributed by atoms with E-state index in [1.54, 1.807) is 6.08 Å². The van der Waals surface area contributed by atoms with Crippen molar-refractivity contribution in [1.82, 2.24) is 15.0 Å². The summed E-state index contributed by atoms with van der Waals surface area (Å²) in [5.74, 6) is 1.29. The van der Waals surface area contributed by atoms with E-state index in [1.807, 2.05) is 0 Å². The number of hydrogen-bond donors (Lipinski definition) is 1. The minimum absolute atomic E-state index is 0.360. The molecule has 0 unspecified atom stereocenters. The van der Waals surface area contributed by atoms with Gasteiger partial charge in [0.2, 0.25) is 11.9 Å². The molecule has 0 aromatic carbocycles. The fraction of sp³-hybridized carbons (Fsp3) is 0.643. The second-order valence-corrected chi connectivity index (χ2v) is 4.82. The Balaban J connectivity index is 2.16. The van der Waals surface area contributed by atoms with Crippen LogP contribution in [0.4, 0.5) is 11.9 Å². The molecule has 2 heterocycles. The van der Waals surface area contributed by atoms with Gasteiger partial charge in [-0.3, -0.25) is 0 Å². The molecule has 6 nitrogen and oxygen atoms in total. The number of anilines is 2. The van der Waals surface area contributed by atoms with Gasteiger partial charge in [0.1, 0.15) is 6.61 Å². The highest BCUT2D eigenvalue weighted by Gasteiger charge is 2.16. The zero-order valence-corrected chi connectivity index (χ0v) is 12.1. The van der Waals surface area contributed by atoms with E-state index in [0.29, 0.717) is 24.5 Å². The monoisotopic (exact) mass is 277 g/mol. The van der Waals surface area contributed by atoms with Crippen molar-refractivity contribution in [2.45, 2.75) is 32.6 Å². The van der Waals surface area contributed by atoms with Crippen LogP contribution in [0.3, 0.4) is 0 Å². The summed E-state index contributed by atoms with van der Waals surface area (Å²) in [5, 5.41) is 3.20. The number of piperidine rings is 1. The van der Waals surface area contributed by atoms with Crippen molar-refractivity contribution in [3.63, 3.8) is 0 Å². The summed E-state index contributed by atoms with van der Waals surface area (Å²) in [5.41, 5.74) is 0. The van der Waals surface area contributed by atoms with Gasteiger partial charge in [0.25, 0.3) is 0 Å². The van der Waals surface area contributed by atoms with Gasteiger partial charge in [-0.05, 0) is 25.7 Å². The SMILES string of the molecule is C=CCOc1nc(NCCC)nc(N2CCCCC2)n1. The Labute approximate surface area is 120 Å². The van der Waals surface area contributed by atoms with Crippen LogP contribution in [-0.4, -0.2) is 41.2 Å². The minimum Gasteiger partial charge on any atom is -0.459 e. The highest BCUT2D eigenvalue weighted by Crippen LogP contribution is 2.19. The molecular formula is C14H23N5O. The fourth-order valence-electron chi connectivity index (χ4n) is 2.10. The number of hydrogen-bond acceptors (Lipinski definition) is 6. The third-order valence-corrected chi connectivity index (χ3v) is 3.11. The lowest BCUT2D eigenvalue weighted by Crippen LogP contribution is -2.31. The molecule has 1 saturated heterocycles. The molecule has 1 aromatic heterocycles. The molecule has 0 radical (unpaired) electrons. The molecule has 0 aliphatic carbocycles. The van der Waals surface area contributed by atoms with Crippen LogP contribution in [0.1, 0.15) is 32.6 Å². The van der Waals surface area contributed by atoms with E-state index in [4.69, 9.17) is 4.74 Å². The largest absolute Gasteiger partial charge is 0.459 e. The molecule has 0 spiro atoms. The molecule has 1 fully saturated rings. The lowest BCUT2D eigenvalue weighted by Gasteiger charge is -2.26. The molecule has 0 atom stereocenters. The van der Waals surface area contributed by atoms with Gasteiger partial charge in [-0.25, -0.2) is 0 Å². The fourth-order valence-corrected chi connectivity index (χ4v) is 2.10. The van der Waals surface area contributed by atoms with Crippen molar-refractivity contribution >= 4 is 11.9 Å². The molecular weight excluding hydrogens is 254 g/mol. The summed E-state index contributed by atoms with van der Waals surface area (Å²) in [6.45, 7) is 8.98. The summed E-state index contributed by atoms with van der Waals surface area (Å²) in [6, 6.07) is 0.360. The molecule has 0 bridgehead atoms. The molecule has 1 aliphatic heterocycles. The van der Waals surface area contributed by atoms with E-state index in [1.165, 1.54) is 19.3 Å². The zero-order chi connectivity index (χ0) is 14.2. The highest BCUT2D eigenvalue weighted by atomic mass is 16.5. The summed E-state index contributed by atoms with van der Waals surface area (Å²) >= 11 is 0. The summed E-state index contributed by atoms with van der Waals surface area (Å²) < 4.78 is 5.46. The van der Waals surface area contributed by atoms with Crippen molar-refractivity contribution in [2.24, 2.45) is 0 Å². The van der Waals surface area contributed by atoms with E-state index in [0.717, 1.165) is 26.1 Å². The molecule has 20 heavy (non-hydrogen) atoms. The Bertz CT molecular complexity index is 432. The summed E-state index contributed by atoms with van der Waals surface area (Å²) in [4.78, 5) is 15.4. The molecule has 0 saturated carbocycles. The molecule has 1 aliphatic rings. The molecule has 2 rings (SSSR count). The van der Waals surface area contributed by atoms with Gasteiger partial charge in [0.15, 0.2) is 0 Å². The van der Waals surface area contributed by atoms with E-state index < -0.39 is 0 Å². The third-order valence-electron chi connectivity index (χ3n) is 3.11. The first-order valence-corrected chi connectivity index (χ1v) is 7.32. The summed E-state index contributed by atoms with van der Waals surface area (Å²) in [6.07, 6.45) is 6.36. The average molecular weight is 277 g/mol. The van der Waals surface area contributed by atoms with E-state index in [-0.39, 0.29) is 0 Å². The Morgan fingerprint density at radius 2 is 2.05 bits per heavy atom. The minimum atomic E-state index is 0.360. The molecule has 1 N–H and O–H groups in total. The lowest BCUT2D eigenvalue weighted by atomic mass is 10.1. The maximum atomic E-state index is 5.46. The van der Waals surface area contributed by atoms with Crippen molar-refractivity contribution in [3.8, 4) is 6.01 Å². The first kappa shape index (κ1) is 14.6. The van der Waals surface area contributed by atoms with Crippen LogP contribution in [0, 0.1) is 0 Å². The normalized spacial score (nSPS) is 14.9. The number of rotatable bonds is 7. The highest BCUT2D eigenvalue weighted by molar-refractivity contribution is 5.38. The Morgan fingerprint density at radius 1 is 1.25 bits per heavy atom. The maximum absolute atomic E-state index is 5.46. The van der Waals surface area contributed by atoms with Crippen molar-refractivity contribution in [3.05, 3.63) is 12.7 Å². The van der Waals surface area contributed by atoms with E-state index in [9.17, 15) is 0 Å². The Hall–Kier alpha value is -1.85. The van der Waals surface area contributed by atoms with Gasteiger partial charge in [-0.1, -0.05) is 19.6 Å². The Morgan fingerprint density at radius 3 is 2.75 bits per heavy atom. The third kappa shape index (κ3) is 4.08. The number of aromatic nitrogens is 3. The predicted molar refractivity (Wildman–Crippen MR) is 80.4 cm³/mol. The van der Waals surface area contributed by atoms with E-state index >= 15 is 0 Å². The number of nitrogens with one attached hydrogen (secondary N) is 1. The maximum Gasteiger partial charge on any atom is 0.323 e. The van der Waals surface area contributed by atoms with Crippen LogP contribution in [0.25, 0.3) is 0 Å². The first-order valence-electron chi connectivity index (χ1n) is 7.32. The van der Waals surface area contributed by atoms with Crippen LogP contribution in [-0.2, 0) is 0 Å². The van der Waals surface area contributed by atoms with Gasteiger partial charge in [-0.15, -0.1) is 0 Å². The van der Waals surface area contributed by atoms with Crippen LogP contribution >= 0.6 is 0 Å². The van der Waals surface area contributed by atoms with Crippen LogP contribution in [0.15, 0.2) is 12.7 Å². The summed E-state index contributed by atoms with van der Waals surface area (Å²) in [7, 11) is 0. The van der Waals surface area contributed by atoms with Gasteiger partial charge >= 0.3 is 6.01 Å². The molecule has 6 heteroatoms. The smallest absolute Gasteiger partial charge is 0.323 e. The second kappa shape index (κ2) is 7.67. The first-order chi connectivity index (χ1) is 9.83. The van der Waals surface area contributed by atoms with Gasteiger partial charge in [-0.2, -0.15) is 15.0 Å². The molecule has 110 valence electrons. The average Bonchev–Trinajstić information content (AvgIpc) is 2.51. The van der Waals surface area contributed by atoms with Crippen molar-refractivity contribution < 1.29 is 4.74 Å². The zero-order valence-electron chi connectivity index (χ0n) is 12.1. The van der Waals surface area contributed by atoms with Crippen molar-refractivity contribution in [2.75, 3.05) is 36.5 Å². The van der Waals surface area contributed by atoms with Gasteiger partial charge in [0.05, 0.1) is 0 Å². The number of nitrogens with zero attached hydrogens (tertiary/aromatic N) is 4. The van der Waals surface area contributed by atoms with Crippen LogP contribution in [0.5, 0.6) is 6.01 Å². The van der Waals surface area contributed by atoms with Crippen LogP contribution in [0.2, 0.25) is 0 Å². The predicted octanol–water partition coefficient (Wildman–Crippen LogP) is 2.25. The Kier molecular flexibility index (Phi) is 5.58.